The quantitative estimate of drug-likeness (QED) is 0.330. The number of amides is 1. The highest BCUT2D eigenvalue weighted by molar-refractivity contribution is 5.86. The van der Waals surface area contributed by atoms with Gasteiger partial charge in [0.05, 0.1) is 7.11 Å². The van der Waals surface area contributed by atoms with E-state index in [1.165, 1.54) is 7.11 Å². The lowest BCUT2D eigenvalue weighted by Crippen LogP contribution is -2.46. The lowest BCUT2D eigenvalue weighted by atomic mass is 10.0. The van der Waals surface area contributed by atoms with Crippen LogP contribution in [0.25, 0.3) is 0 Å². The number of carbonyl (C=O) groups excluding carboxylic acids is 2. The smallest absolute Gasteiger partial charge is 0.328 e. The molecular weight excluding hydrogens is 282 g/mol. The average molecular weight is 313 g/mol. The SMILES string of the molecule is C=CCCCCCC[C@@H](NC(=O)[C@@H](O)CC(C)C)C(=O)OC. The summed E-state index contributed by atoms with van der Waals surface area (Å²) in [6.45, 7) is 7.53. The second-order valence-electron chi connectivity index (χ2n) is 6.01. The van der Waals surface area contributed by atoms with Crippen LogP contribution in [0.5, 0.6) is 0 Å². The molecule has 0 aromatic carbocycles. The van der Waals surface area contributed by atoms with E-state index in [2.05, 4.69) is 11.9 Å². The Hall–Kier alpha value is -1.36. The van der Waals surface area contributed by atoms with Gasteiger partial charge in [-0.2, -0.15) is 0 Å². The molecule has 0 aromatic heterocycles. The Morgan fingerprint density at radius 2 is 1.86 bits per heavy atom. The lowest BCUT2D eigenvalue weighted by molar-refractivity contribution is -0.146. The Kier molecular flexibility index (Phi) is 11.5. The zero-order chi connectivity index (χ0) is 17.0. The molecule has 5 heteroatoms. The standard InChI is InChI=1S/C17H31NO4/c1-5-6-7-8-9-10-11-14(17(21)22-4)18-16(20)15(19)12-13(2)3/h5,13-15,19H,1,6-12H2,2-4H3,(H,18,20)/t14-,15+/m1/s1. The van der Waals surface area contributed by atoms with Crippen molar-refractivity contribution in [2.24, 2.45) is 5.92 Å². The van der Waals surface area contributed by atoms with Crippen molar-refractivity contribution in [2.75, 3.05) is 7.11 Å². The van der Waals surface area contributed by atoms with E-state index < -0.39 is 24.0 Å². The number of aliphatic hydroxyl groups is 1. The second-order valence-corrected chi connectivity index (χ2v) is 6.01. The highest BCUT2D eigenvalue weighted by atomic mass is 16.5. The molecular formula is C17H31NO4. The Morgan fingerprint density at radius 3 is 2.41 bits per heavy atom. The van der Waals surface area contributed by atoms with Crippen molar-refractivity contribution in [2.45, 2.75) is 70.9 Å². The minimum atomic E-state index is -1.08. The van der Waals surface area contributed by atoms with Gasteiger partial charge in [-0.3, -0.25) is 4.79 Å². The van der Waals surface area contributed by atoms with Crippen LogP contribution in [-0.2, 0) is 14.3 Å². The summed E-state index contributed by atoms with van der Waals surface area (Å²) in [6.07, 6.45) is 6.70. The number of carbonyl (C=O) groups is 2. The molecule has 2 N–H and O–H groups in total. The number of methoxy groups -OCH3 is 1. The molecule has 0 saturated heterocycles. The molecule has 0 rings (SSSR count). The predicted molar refractivity (Wildman–Crippen MR) is 87.3 cm³/mol. The zero-order valence-corrected chi connectivity index (χ0v) is 14.1. The molecule has 0 fully saturated rings. The fourth-order valence-corrected chi connectivity index (χ4v) is 2.20. The molecule has 0 aliphatic rings. The monoisotopic (exact) mass is 313 g/mol. The summed E-state index contributed by atoms with van der Waals surface area (Å²) in [5, 5.41) is 12.4. The maximum Gasteiger partial charge on any atom is 0.328 e. The molecule has 0 aliphatic carbocycles. The molecule has 0 unspecified atom stereocenters. The predicted octanol–water partition coefficient (Wildman–Crippen LogP) is 2.58. The van der Waals surface area contributed by atoms with Crippen molar-refractivity contribution in [3.05, 3.63) is 12.7 Å². The van der Waals surface area contributed by atoms with Gasteiger partial charge in [-0.1, -0.05) is 39.2 Å². The lowest BCUT2D eigenvalue weighted by Gasteiger charge is -2.19. The van der Waals surface area contributed by atoms with Gasteiger partial charge in [-0.15, -0.1) is 6.58 Å². The molecule has 0 spiro atoms. The van der Waals surface area contributed by atoms with Crippen LogP contribution < -0.4 is 5.32 Å². The van der Waals surface area contributed by atoms with E-state index in [0.717, 1.165) is 32.1 Å². The fraction of sp³-hybridized carbons (Fsp3) is 0.765. The highest BCUT2D eigenvalue weighted by Gasteiger charge is 2.24. The number of rotatable bonds is 12. The van der Waals surface area contributed by atoms with Gasteiger partial charge in [-0.25, -0.2) is 4.79 Å². The molecule has 0 aliphatic heterocycles. The topological polar surface area (TPSA) is 75.6 Å². The first kappa shape index (κ1) is 20.6. The largest absolute Gasteiger partial charge is 0.467 e. The van der Waals surface area contributed by atoms with E-state index in [1.807, 2.05) is 19.9 Å². The van der Waals surface area contributed by atoms with Crippen molar-refractivity contribution in [1.82, 2.24) is 5.32 Å². The Bertz CT molecular complexity index is 342. The van der Waals surface area contributed by atoms with E-state index in [1.54, 1.807) is 0 Å². The Labute approximate surface area is 134 Å². The van der Waals surface area contributed by atoms with Gasteiger partial charge in [0, 0.05) is 0 Å². The van der Waals surface area contributed by atoms with Crippen LogP contribution in [0.15, 0.2) is 12.7 Å². The summed E-state index contributed by atoms with van der Waals surface area (Å²) in [5.74, 6) is -0.755. The third-order valence-electron chi connectivity index (χ3n) is 3.45. The van der Waals surface area contributed by atoms with E-state index in [9.17, 15) is 14.7 Å². The van der Waals surface area contributed by atoms with Gasteiger partial charge in [0.15, 0.2) is 0 Å². The van der Waals surface area contributed by atoms with Crippen LogP contribution in [0.3, 0.4) is 0 Å². The minimum absolute atomic E-state index is 0.210. The number of hydrogen-bond donors (Lipinski definition) is 2. The fourth-order valence-electron chi connectivity index (χ4n) is 2.20. The number of unbranched alkanes of at least 4 members (excludes halogenated alkanes) is 4. The number of esters is 1. The summed E-state index contributed by atoms with van der Waals surface area (Å²) >= 11 is 0. The first-order valence-electron chi connectivity index (χ1n) is 8.09. The Balaban J connectivity index is 4.25. The molecule has 128 valence electrons. The molecule has 2 atom stereocenters. The molecule has 1 amide bonds. The average Bonchev–Trinajstić information content (AvgIpc) is 2.47. The van der Waals surface area contributed by atoms with Gasteiger partial charge < -0.3 is 15.2 Å². The number of nitrogens with one attached hydrogen (secondary N) is 1. The maximum absolute atomic E-state index is 11.9. The first-order chi connectivity index (χ1) is 10.4. The van der Waals surface area contributed by atoms with E-state index in [0.29, 0.717) is 12.8 Å². The maximum atomic E-state index is 11.9. The summed E-state index contributed by atoms with van der Waals surface area (Å²) in [7, 11) is 1.30. The van der Waals surface area contributed by atoms with Gasteiger partial charge in [0.25, 0.3) is 0 Å². The minimum Gasteiger partial charge on any atom is -0.467 e. The van der Waals surface area contributed by atoms with E-state index >= 15 is 0 Å². The van der Waals surface area contributed by atoms with Gasteiger partial charge in [-0.05, 0) is 31.6 Å². The highest BCUT2D eigenvalue weighted by Crippen LogP contribution is 2.10. The molecule has 0 aromatic rings. The van der Waals surface area contributed by atoms with Crippen LogP contribution in [0.4, 0.5) is 0 Å². The van der Waals surface area contributed by atoms with Crippen molar-refractivity contribution < 1.29 is 19.4 Å². The molecule has 0 saturated carbocycles. The normalized spacial score (nSPS) is 13.5. The molecule has 0 radical (unpaired) electrons. The second kappa shape index (κ2) is 12.2. The summed E-state index contributed by atoms with van der Waals surface area (Å²) < 4.78 is 4.72. The van der Waals surface area contributed by atoms with Gasteiger partial charge >= 0.3 is 5.97 Å². The number of allylic oxidation sites excluding steroid dienone is 1. The van der Waals surface area contributed by atoms with Crippen LogP contribution in [0.1, 0.15) is 58.8 Å². The van der Waals surface area contributed by atoms with E-state index in [-0.39, 0.29) is 5.92 Å². The molecule has 22 heavy (non-hydrogen) atoms. The summed E-state index contributed by atoms with van der Waals surface area (Å²) in [5.41, 5.74) is 0. The molecule has 0 heterocycles. The third-order valence-corrected chi connectivity index (χ3v) is 3.45. The van der Waals surface area contributed by atoms with Crippen LogP contribution in [0.2, 0.25) is 0 Å². The molecule has 5 nitrogen and oxygen atoms in total. The Morgan fingerprint density at radius 1 is 1.23 bits per heavy atom. The van der Waals surface area contributed by atoms with Crippen molar-refractivity contribution in [3.8, 4) is 0 Å². The first-order valence-corrected chi connectivity index (χ1v) is 8.09. The van der Waals surface area contributed by atoms with Crippen molar-refractivity contribution >= 4 is 11.9 Å². The van der Waals surface area contributed by atoms with Crippen LogP contribution >= 0.6 is 0 Å². The van der Waals surface area contributed by atoms with Crippen molar-refractivity contribution in [3.63, 3.8) is 0 Å². The van der Waals surface area contributed by atoms with E-state index in [4.69, 9.17) is 4.74 Å². The molecule has 0 bridgehead atoms. The number of ether oxygens (including phenoxy) is 1. The van der Waals surface area contributed by atoms with Crippen LogP contribution in [0, 0.1) is 5.92 Å². The zero-order valence-electron chi connectivity index (χ0n) is 14.1. The summed E-state index contributed by atoms with van der Waals surface area (Å²) in [4.78, 5) is 23.6. The van der Waals surface area contributed by atoms with Gasteiger partial charge in [0.2, 0.25) is 5.91 Å². The van der Waals surface area contributed by atoms with Crippen LogP contribution in [-0.4, -0.2) is 36.2 Å². The van der Waals surface area contributed by atoms with Crippen molar-refractivity contribution in [1.29, 1.82) is 0 Å². The number of hydrogen-bond acceptors (Lipinski definition) is 4. The summed E-state index contributed by atoms with van der Waals surface area (Å²) in [6, 6.07) is -0.682. The third kappa shape index (κ3) is 9.55. The number of aliphatic hydroxyl groups excluding tert-OH is 1. The van der Waals surface area contributed by atoms with Gasteiger partial charge in [0.1, 0.15) is 12.1 Å².